The molecule has 1 aliphatic heterocycles. The Morgan fingerprint density at radius 2 is 2.04 bits per heavy atom. The van der Waals surface area contributed by atoms with Crippen LogP contribution in [0.3, 0.4) is 0 Å². The molecule has 2 aromatic rings. The van der Waals surface area contributed by atoms with E-state index in [1.165, 1.54) is 5.56 Å². The van der Waals surface area contributed by atoms with E-state index in [-0.39, 0.29) is 11.7 Å². The molecule has 5 heteroatoms. The molecular formula is C23H29NO3S. The molecule has 1 atom stereocenters. The van der Waals surface area contributed by atoms with Gasteiger partial charge in [0.05, 0.1) is 13.7 Å². The summed E-state index contributed by atoms with van der Waals surface area (Å²) >= 11 is 1.64. The number of hydrogen-bond donors (Lipinski definition) is 0. The number of likely N-dealkylation sites (tertiary alicyclic amines) is 1. The molecular weight excluding hydrogens is 370 g/mol. The monoisotopic (exact) mass is 399 g/mol. The van der Waals surface area contributed by atoms with Crippen molar-refractivity contribution < 1.29 is 14.3 Å². The lowest BCUT2D eigenvalue weighted by molar-refractivity contribution is 0.0808. The van der Waals surface area contributed by atoms with Crippen LogP contribution in [0, 0.1) is 5.92 Å². The van der Waals surface area contributed by atoms with Crippen LogP contribution in [-0.4, -0.2) is 43.7 Å². The van der Waals surface area contributed by atoms with Crippen molar-refractivity contribution in [2.24, 2.45) is 5.92 Å². The van der Waals surface area contributed by atoms with E-state index in [1.54, 1.807) is 18.9 Å². The zero-order valence-corrected chi connectivity index (χ0v) is 17.8. The maximum absolute atomic E-state index is 13.1. The van der Waals surface area contributed by atoms with E-state index in [2.05, 4.69) is 17.0 Å². The highest BCUT2D eigenvalue weighted by molar-refractivity contribution is 7.98. The average molecular weight is 400 g/mol. The summed E-state index contributed by atoms with van der Waals surface area (Å²) in [6, 6.07) is 14.0. The minimum atomic E-state index is 0.0617. The highest BCUT2D eigenvalue weighted by Crippen LogP contribution is 2.30. The largest absolute Gasteiger partial charge is 0.493 e. The lowest BCUT2D eigenvalue weighted by atomic mass is 9.89. The van der Waals surface area contributed by atoms with Crippen LogP contribution in [0.25, 0.3) is 0 Å². The van der Waals surface area contributed by atoms with Crippen LogP contribution in [0.2, 0.25) is 0 Å². The molecule has 1 saturated heterocycles. The first kappa shape index (κ1) is 20.7. The molecule has 0 aliphatic carbocycles. The number of rotatable bonds is 8. The van der Waals surface area contributed by atoms with Crippen LogP contribution in [0.15, 0.2) is 47.4 Å². The van der Waals surface area contributed by atoms with E-state index >= 15 is 0 Å². The smallest absolute Gasteiger partial charge is 0.168 e. The van der Waals surface area contributed by atoms with Crippen molar-refractivity contribution in [1.82, 2.24) is 4.90 Å². The van der Waals surface area contributed by atoms with Crippen LogP contribution in [0.4, 0.5) is 0 Å². The van der Waals surface area contributed by atoms with Gasteiger partial charge >= 0.3 is 0 Å². The molecule has 28 heavy (non-hydrogen) atoms. The Kier molecular flexibility index (Phi) is 7.40. The van der Waals surface area contributed by atoms with Crippen molar-refractivity contribution in [1.29, 1.82) is 0 Å². The molecule has 0 spiro atoms. The molecule has 4 nitrogen and oxygen atoms in total. The average Bonchev–Trinajstić information content (AvgIpc) is 2.74. The Hall–Kier alpha value is -1.98. The van der Waals surface area contributed by atoms with Crippen molar-refractivity contribution in [2.45, 2.75) is 31.2 Å². The number of piperidine rings is 1. The van der Waals surface area contributed by atoms with Gasteiger partial charge in [-0.1, -0.05) is 24.3 Å². The summed E-state index contributed by atoms with van der Waals surface area (Å²) in [7, 11) is 1.66. The second-order valence-electron chi connectivity index (χ2n) is 7.06. The standard InChI is InChI=1S/C23H29NO3S/c1-4-27-21-14-17(11-12-20(21)26-2)15-24-13-7-8-18(16-24)23(25)19-9-5-6-10-22(19)28-3/h5-6,9-12,14,18H,4,7-8,13,15-16H2,1-3H3/t18-/m1/s1. The van der Waals surface area contributed by atoms with Gasteiger partial charge in [0, 0.05) is 29.5 Å². The molecule has 1 aliphatic rings. The third-order valence-corrected chi connectivity index (χ3v) is 5.98. The number of ether oxygens (including phenoxy) is 2. The van der Waals surface area contributed by atoms with Gasteiger partial charge in [-0.3, -0.25) is 9.69 Å². The third-order valence-electron chi connectivity index (χ3n) is 5.18. The van der Waals surface area contributed by atoms with E-state index < -0.39 is 0 Å². The summed E-state index contributed by atoms with van der Waals surface area (Å²) in [4.78, 5) is 16.6. The first-order chi connectivity index (χ1) is 13.7. The van der Waals surface area contributed by atoms with Crippen molar-refractivity contribution >= 4 is 17.5 Å². The Morgan fingerprint density at radius 1 is 1.21 bits per heavy atom. The molecule has 0 amide bonds. The number of nitrogens with zero attached hydrogens (tertiary/aromatic N) is 1. The van der Waals surface area contributed by atoms with Gasteiger partial charge in [0.1, 0.15) is 0 Å². The van der Waals surface area contributed by atoms with Crippen molar-refractivity contribution in [3.8, 4) is 11.5 Å². The second-order valence-corrected chi connectivity index (χ2v) is 7.91. The predicted molar refractivity (Wildman–Crippen MR) is 115 cm³/mol. The first-order valence-corrected chi connectivity index (χ1v) is 11.1. The number of carbonyl (C=O) groups is 1. The number of Topliss-reactive ketones (excluding diaryl/α,β-unsaturated/α-hetero) is 1. The molecule has 2 aromatic carbocycles. The van der Waals surface area contributed by atoms with E-state index in [4.69, 9.17) is 9.47 Å². The van der Waals surface area contributed by atoms with E-state index in [9.17, 15) is 4.79 Å². The normalized spacial score (nSPS) is 17.3. The Balaban J connectivity index is 1.70. The number of thioether (sulfide) groups is 1. The van der Waals surface area contributed by atoms with Crippen molar-refractivity contribution in [3.05, 3.63) is 53.6 Å². The summed E-state index contributed by atoms with van der Waals surface area (Å²) in [6.45, 7) is 5.22. The molecule has 1 heterocycles. The summed E-state index contributed by atoms with van der Waals surface area (Å²) in [5.41, 5.74) is 2.05. The summed E-state index contributed by atoms with van der Waals surface area (Å²) in [5, 5.41) is 0. The van der Waals surface area contributed by atoms with Crippen LogP contribution < -0.4 is 9.47 Å². The minimum Gasteiger partial charge on any atom is -0.493 e. The summed E-state index contributed by atoms with van der Waals surface area (Å²) in [6.07, 6.45) is 4.04. The van der Waals surface area contributed by atoms with Gasteiger partial charge in [0.15, 0.2) is 17.3 Å². The van der Waals surface area contributed by atoms with Gasteiger partial charge in [-0.25, -0.2) is 0 Å². The quantitative estimate of drug-likeness (QED) is 0.466. The van der Waals surface area contributed by atoms with Crippen LogP contribution in [0.1, 0.15) is 35.7 Å². The molecule has 1 fully saturated rings. The van der Waals surface area contributed by atoms with Gasteiger partial charge in [-0.05, 0) is 56.3 Å². The van der Waals surface area contributed by atoms with Gasteiger partial charge < -0.3 is 9.47 Å². The number of ketones is 1. The zero-order valence-electron chi connectivity index (χ0n) is 16.9. The Morgan fingerprint density at radius 3 is 2.79 bits per heavy atom. The fourth-order valence-electron chi connectivity index (χ4n) is 3.83. The second kappa shape index (κ2) is 9.99. The maximum atomic E-state index is 13.1. The van der Waals surface area contributed by atoms with Gasteiger partial charge in [-0.2, -0.15) is 0 Å². The summed E-state index contributed by atoms with van der Waals surface area (Å²) in [5.74, 6) is 1.87. The first-order valence-electron chi connectivity index (χ1n) is 9.85. The fourth-order valence-corrected chi connectivity index (χ4v) is 4.43. The number of benzene rings is 2. The Bertz CT molecular complexity index is 808. The van der Waals surface area contributed by atoms with E-state index in [0.29, 0.717) is 6.61 Å². The van der Waals surface area contributed by atoms with Gasteiger partial charge in [0.25, 0.3) is 0 Å². The molecule has 0 saturated carbocycles. The topological polar surface area (TPSA) is 38.8 Å². The number of carbonyl (C=O) groups excluding carboxylic acids is 1. The molecule has 0 unspecified atom stereocenters. The lowest BCUT2D eigenvalue weighted by Gasteiger charge is -2.32. The number of hydrogen-bond acceptors (Lipinski definition) is 5. The molecule has 0 aromatic heterocycles. The Labute approximate surface area is 172 Å². The molecule has 150 valence electrons. The van der Waals surface area contributed by atoms with Crippen LogP contribution >= 0.6 is 11.8 Å². The zero-order chi connectivity index (χ0) is 19.9. The summed E-state index contributed by atoms with van der Waals surface area (Å²) < 4.78 is 11.1. The lowest BCUT2D eigenvalue weighted by Crippen LogP contribution is -2.38. The highest BCUT2D eigenvalue weighted by atomic mass is 32.2. The molecule has 0 radical (unpaired) electrons. The van der Waals surface area contributed by atoms with Crippen molar-refractivity contribution in [2.75, 3.05) is 33.1 Å². The van der Waals surface area contributed by atoms with Crippen molar-refractivity contribution in [3.63, 3.8) is 0 Å². The molecule has 3 rings (SSSR count). The predicted octanol–water partition coefficient (Wildman–Crippen LogP) is 4.91. The van der Waals surface area contributed by atoms with Gasteiger partial charge in [0.2, 0.25) is 0 Å². The number of methoxy groups -OCH3 is 1. The van der Waals surface area contributed by atoms with Crippen LogP contribution in [0.5, 0.6) is 11.5 Å². The van der Waals surface area contributed by atoms with Gasteiger partial charge in [-0.15, -0.1) is 11.8 Å². The fraction of sp³-hybridized carbons (Fsp3) is 0.435. The minimum absolute atomic E-state index is 0.0617. The highest BCUT2D eigenvalue weighted by Gasteiger charge is 2.27. The SMILES string of the molecule is CCOc1cc(CN2CCC[C@@H](C(=O)c3ccccc3SC)C2)ccc1OC. The maximum Gasteiger partial charge on any atom is 0.168 e. The van der Waals surface area contributed by atoms with E-state index in [1.807, 2.05) is 43.5 Å². The molecule has 0 bridgehead atoms. The molecule has 0 N–H and O–H groups in total. The third kappa shape index (κ3) is 4.89. The van der Waals surface area contributed by atoms with E-state index in [0.717, 1.165) is 54.4 Å². The van der Waals surface area contributed by atoms with Crippen LogP contribution in [-0.2, 0) is 6.54 Å².